The average molecular weight is 247 g/mol. The van der Waals surface area contributed by atoms with Crippen LogP contribution >= 0.6 is 0 Å². The second-order valence-electron chi connectivity index (χ2n) is 4.39. The number of aromatic amines is 1. The van der Waals surface area contributed by atoms with Crippen LogP contribution in [-0.2, 0) is 0 Å². The van der Waals surface area contributed by atoms with Crippen LogP contribution in [0.2, 0.25) is 0 Å². The predicted octanol–water partition coefficient (Wildman–Crippen LogP) is 1.25. The lowest BCUT2D eigenvalue weighted by atomic mass is 10.1. The molecule has 1 atom stereocenters. The number of carbonyl (C=O) groups is 1. The third-order valence-corrected chi connectivity index (χ3v) is 2.89. The molecule has 5 nitrogen and oxygen atoms in total. The number of hydrogen-bond donors (Lipinski definition) is 4. The Morgan fingerprint density at radius 2 is 2.33 bits per heavy atom. The van der Waals surface area contributed by atoms with Crippen molar-refractivity contribution in [2.45, 2.75) is 19.4 Å². The van der Waals surface area contributed by atoms with E-state index in [0.717, 1.165) is 10.9 Å². The fourth-order valence-corrected chi connectivity index (χ4v) is 1.89. The molecule has 0 bridgehead atoms. The summed E-state index contributed by atoms with van der Waals surface area (Å²) in [5.41, 5.74) is 7.80. The van der Waals surface area contributed by atoms with Gasteiger partial charge < -0.3 is 21.1 Å². The third-order valence-electron chi connectivity index (χ3n) is 2.89. The number of aliphatic hydroxyl groups is 1. The van der Waals surface area contributed by atoms with Crippen LogP contribution in [0.15, 0.2) is 24.4 Å². The number of aliphatic hydroxyl groups excluding tert-OH is 1. The number of benzene rings is 1. The van der Waals surface area contributed by atoms with Crippen molar-refractivity contribution in [3.05, 3.63) is 30.0 Å². The lowest BCUT2D eigenvalue weighted by molar-refractivity contribution is 0.0936. The molecule has 0 aliphatic rings. The van der Waals surface area contributed by atoms with Gasteiger partial charge in [0.1, 0.15) is 0 Å². The number of H-pyrrole nitrogens is 1. The minimum Gasteiger partial charge on any atom is -0.399 e. The number of nitrogen functional groups attached to an aromatic ring is 1. The van der Waals surface area contributed by atoms with E-state index in [-0.39, 0.29) is 18.6 Å². The number of rotatable bonds is 4. The monoisotopic (exact) mass is 247 g/mol. The Morgan fingerprint density at radius 1 is 1.56 bits per heavy atom. The molecule has 96 valence electrons. The molecular weight excluding hydrogens is 230 g/mol. The summed E-state index contributed by atoms with van der Waals surface area (Å²) in [5.74, 6) is -0.159. The molecule has 18 heavy (non-hydrogen) atoms. The summed E-state index contributed by atoms with van der Waals surface area (Å²) in [4.78, 5) is 15.1. The fourth-order valence-electron chi connectivity index (χ4n) is 1.89. The van der Waals surface area contributed by atoms with Crippen molar-refractivity contribution in [3.63, 3.8) is 0 Å². The Balaban J connectivity index is 2.25. The number of nitrogens with two attached hydrogens (primary N) is 1. The number of nitrogens with one attached hydrogen (secondary N) is 2. The first kappa shape index (κ1) is 12.4. The van der Waals surface area contributed by atoms with Crippen molar-refractivity contribution in [1.29, 1.82) is 0 Å². The lowest BCUT2D eigenvalue weighted by Gasteiger charge is -2.11. The van der Waals surface area contributed by atoms with Gasteiger partial charge in [0, 0.05) is 35.4 Å². The second-order valence-corrected chi connectivity index (χ2v) is 4.39. The highest BCUT2D eigenvalue weighted by Crippen LogP contribution is 2.20. The van der Waals surface area contributed by atoms with Crippen molar-refractivity contribution in [2.24, 2.45) is 0 Å². The van der Waals surface area contributed by atoms with Crippen LogP contribution < -0.4 is 11.1 Å². The summed E-state index contributed by atoms with van der Waals surface area (Å²) in [6, 6.07) is 5.35. The maximum absolute atomic E-state index is 12.1. The molecule has 2 aromatic rings. The van der Waals surface area contributed by atoms with E-state index in [1.54, 1.807) is 18.3 Å². The first-order chi connectivity index (χ1) is 8.61. The Kier molecular flexibility index (Phi) is 3.53. The molecule has 1 heterocycles. The van der Waals surface area contributed by atoms with Gasteiger partial charge in [-0.25, -0.2) is 0 Å². The fraction of sp³-hybridized carbons (Fsp3) is 0.308. The van der Waals surface area contributed by atoms with E-state index in [1.807, 2.05) is 13.0 Å². The molecule has 1 unspecified atom stereocenters. The zero-order chi connectivity index (χ0) is 13.1. The molecule has 1 aromatic carbocycles. The van der Waals surface area contributed by atoms with Gasteiger partial charge in [-0.05, 0) is 31.5 Å². The molecule has 0 spiro atoms. The normalized spacial score (nSPS) is 12.6. The van der Waals surface area contributed by atoms with Gasteiger partial charge in [0.25, 0.3) is 5.91 Å². The highest BCUT2D eigenvalue weighted by Gasteiger charge is 2.14. The zero-order valence-corrected chi connectivity index (χ0v) is 10.2. The van der Waals surface area contributed by atoms with Crippen molar-refractivity contribution in [3.8, 4) is 0 Å². The summed E-state index contributed by atoms with van der Waals surface area (Å²) in [7, 11) is 0. The highest BCUT2D eigenvalue weighted by molar-refractivity contribution is 6.07. The maximum atomic E-state index is 12.1. The summed E-state index contributed by atoms with van der Waals surface area (Å²) in [6.45, 7) is 1.92. The Bertz CT molecular complexity index is 562. The van der Waals surface area contributed by atoms with E-state index in [9.17, 15) is 4.79 Å². The van der Waals surface area contributed by atoms with Crippen LogP contribution in [0.25, 0.3) is 10.9 Å². The van der Waals surface area contributed by atoms with Gasteiger partial charge in [0.2, 0.25) is 0 Å². The topological polar surface area (TPSA) is 91.1 Å². The summed E-state index contributed by atoms with van der Waals surface area (Å²) >= 11 is 0. The van der Waals surface area contributed by atoms with Gasteiger partial charge >= 0.3 is 0 Å². The van der Waals surface area contributed by atoms with E-state index in [4.69, 9.17) is 10.8 Å². The highest BCUT2D eigenvalue weighted by atomic mass is 16.3. The largest absolute Gasteiger partial charge is 0.399 e. The molecule has 0 saturated heterocycles. The van der Waals surface area contributed by atoms with Gasteiger partial charge in [-0.15, -0.1) is 0 Å². The second kappa shape index (κ2) is 5.10. The molecule has 5 heteroatoms. The molecule has 1 amide bonds. The van der Waals surface area contributed by atoms with Crippen molar-refractivity contribution >= 4 is 22.5 Å². The van der Waals surface area contributed by atoms with Crippen LogP contribution in [0.5, 0.6) is 0 Å². The molecule has 0 fully saturated rings. The third kappa shape index (κ3) is 2.46. The number of aromatic nitrogens is 1. The summed E-state index contributed by atoms with van der Waals surface area (Å²) in [6.07, 6.45) is 2.21. The van der Waals surface area contributed by atoms with Crippen molar-refractivity contribution in [1.82, 2.24) is 10.3 Å². The SMILES string of the molecule is CC(CCO)NC(=O)c1c[nH]c2ccc(N)cc12. The van der Waals surface area contributed by atoms with Gasteiger partial charge in [-0.3, -0.25) is 4.79 Å². The Hall–Kier alpha value is -2.01. The minimum atomic E-state index is -0.159. The van der Waals surface area contributed by atoms with Crippen molar-refractivity contribution in [2.75, 3.05) is 12.3 Å². The van der Waals surface area contributed by atoms with Gasteiger partial charge in [0.15, 0.2) is 0 Å². The first-order valence-electron chi connectivity index (χ1n) is 5.90. The molecule has 0 radical (unpaired) electrons. The number of anilines is 1. The lowest BCUT2D eigenvalue weighted by Crippen LogP contribution is -2.33. The Morgan fingerprint density at radius 3 is 3.06 bits per heavy atom. The van der Waals surface area contributed by atoms with E-state index in [2.05, 4.69) is 10.3 Å². The molecule has 1 aromatic heterocycles. The first-order valence-corrected chi connectivity index (χ1v) is 5.90. The molecular formula is C13H17N3O2. The number of hydrogen-bond acceptors (Lipinski definition) is 3. The molecule has 0 aliphatic heterocycles. The smallest absolute Gasteiger partial charge is 0.253 e. The molecule has 5 N–H and O–H groups in total. The van der Waals surface area contributed by atoms with Crippen LogP contribution in [-0.4, -0.2) is 28.6 Å². The predicted molar refractivity (Wildman–Crippen MR) is 71.3 cm³/mol. The zero-order valence-electron chi connectivity index (χ0n) is 10.2. The van der Waals surface area contributed by atoms with Crippen LogP contribution in [0, 0.1) is 0 Å². The van der Waals surface area contributed by atoms with E-state index >= 15 is 0 Å². The summed E-state index contributed by atoms with van der Waals surface area (Å²) in [5, 5.41) is 12.5. The van der Waals surface area contributed by atoms with E-state index < -0.39 is 0 Å². The van der Waals surface area contributed by atoms with Crippen LogP contribution in [0.4, 0.5) is 5.69 Å². The van der Waals surface area contributed by atoms with E-state index in [0.29, 0.717) is 17.7 Å². The number of amides is 1. The van der Waals surface area contributed by atoms with E-state index in [1.165, 1.54) is 0 Å². The standard InChI is InChI=1S/C13H17N3O2/c1-8(4-5-17)16-13(18)11-7-15-12-3-2-9(14)6-10(11)12/h2-3,6-8,15,17H,4-5,14H2,1H3,(H,16,18). The molecule has 0 aliphatic carbocycles. The summed E-state index contributed by atoms with van der Waals surface area (Å²) < 4.78 is 0. The molecule has 2 rings (SSSR count). The Labute approximate surface area is 105 Å². The maximum Gasteiger partial charge on any atom is 0.253 e. The van der Waals surface area contributed by atoms with Crippen LogP contribution in [0.1, 0.15) is 23.7 Å². The van der Waals surface area contributed by atoms with Gasteiger partial charge in [0.05, 0.1) is 5.56 Å². The van der Waals surface area contributed by atoms with Gasteiger partial charge in [-0.2, -0.15) is 0 Å². The average Bonchev–Trinajstić information content (AvgIpc) is 2.71. The number of carbonyl (C=O) groups excluding carboxylic acids is 1. The van der Waals surface area contributed by atoms with Crippen LogP contribution in [0.3, 0.4) is 0 Å². The number of fused-ring (bicyclic) bond motifs is 1. The van der Waals surface area contributed by atoms with Gasteiger partial charge in [-0.1, -0.05) is 0 Å². The molecule has 0 saturated carbocycles. The van der Waals surface area contributed by atoms with Crippen molar-refractivity contribution < 1.29 is 9.90 Å². The quantitative estimate of drug-likeness (QED) is 0.613. The minimum absolute atomic E-state index is 0.0578.